The van der Waals surface area contributed by atoms with Crippen molar-refractivity contribution in [3.8, 4) is 0 Å². The molecule has 1 aromatic heterocycles. The Hall–Kier alpha value is -1.70. The summed E-state index contributed by atoms with van der Waals surface area (Å²) in [4.78, 5) is 0.240. The lowest BCUT2D eigenvalue weighted by Gasteiger charge is -2.41. The van der Waals surface area contributed by atoms with E-state index >= 15 is 0 Å². The standard InChI is InChI=1S/C17H24N4O2S/c1-17(2)13-21(9-8-16(17)18)24(22,23)15-10-19-20(12-15)11-14-6-4-3-5-7-14/h3-7,10,12,16H,8-9,11,13,18H2,1-2H3. The number of benzene rings is 1. The Morgan fingerprint density at radius 2 is 2.00 bits per heavy atom. The van der Waals surface area contributed by atoms with Gasteiger partial charge in [0.1, 0.15) is 4.90 Å². The highest BCUT2D eigenvalue weighted by Gasteiger charge is 2.39. The van der Waals surface area contributed by atoms with Gasteiger partial charge in [0.05, 0.1) is 12.7 Å². The van der Waals surface area contributed by atoms with Crippen LogP contribution < -0.4 is 5.73 Å². The molecule has 0 aliphatic carbocycles. The predicted molar refractivity (Wildman–Crippen MR) is 92.9 cm³/mol. The van der Waals surface area contributed by atoms with E-state index in [0.717, 1.165) is 5.56 Å². The highest BCUT2D eigenvalue weighted by molar-refractivity contribution is 7.89. The van der Waals surface area contributed by atoms with Gasteiger partial charge in [-0.25, -0.2) is 8.42 Å². The highest BCUT2D eigenvalue weighted by Crippen LogP contribution is 2.31. The molecule has 130 valence electrons. The van der Waals surface area contributed by atoms with Crippen molar-refractivity contribution in [2.24, 2.45) is 11.1 Å². The van der Waals surface area contributed by atoms with Crippen molar-refractivity contribution < 1.29 is 8.42 Å². The molecule has 2 heterocycles. The maximum Gasteiger partial charge on any atom is 0.246 e. The van der Waals surface area contributed by atoms with Crippen molar-refractivity contribution in [1.29, 1.82) is 0 Å². The summed E-state index contributed by atoms with van der Waals surface area (Å²) in [5.74, 6) is 0. The Bertz CT molecular complexity index is 799. The summed E-state index contributed by atoms with van der Waals surface area (Å²) in [6.07, 6.45) is 3.70. The molecular formula is C17H24N4O2S. The Kier molecular flexibility index (Phi) is 4.50. The first kappa shape index (κ1) is 17.1. The van der Waals surface area contributed by atoms with Crippen molar-refractivity contribution in [2.45, 2.75) is 37.8 Å². The number of piperidine rings is 1. The first-order valence-corrected chi connectivity index (χ1v) is 9.55. The lowest BCUT2D eigenvalue weighted by atomic mass is 9.81. The molecular weight excluding hydrogens is 324 g/mol. The van der Waals surface area contributed by atoms with Crippen molar-refractivity contribution >= 4 is 10.0 Å². The maximum absolute atomic E-state index is 12.9. The van der Waals surface area contributed by atoms with Gasteiger partial charge >= 0.3 is 0 Å². The molecule has 0 saturated carbocycles. The minimum Gasteiger partial charge on any atom is -0.327 e. The number of nitrogens with two attached hydrogens (primary N) is 1. The van der Waals surface area contributed by atoms with E-state index in [0.29, 0.717) is 26.1 Å². The van der Waals surface area contributed by atoms with E-state index in [-0.39, 0.29) is 16.4 Å². The zero-order chi connectivity index (χ0) is 17.4. The van der Waals surface area contributed by atoms with E-state index in [1.807, 2.05) is 44.2 Å². The molecule has 1 aromatic carbocycles. The third-order valence-corrected chi connectivity index (χ3v) is 6.51. The normalized spacial score (nSPS) is 21.7. The Labute approximate surface area is 143 Å². The zero-order valence-electron chi connectivity index (χ0n) is 14.1. The number of aromatic nitrogens is 2. The first-order valence-electron chi connectivity index (χ1n) is 8.11. The van der Waals surface area contributed by atoms with E-state index in [2.05, 4.69) is 5.10 Å². The number of hydrogen-bond acceptors (Lipinski definition) is 4. The zero-order valence-corrected chi connectivity index (χ0v) is 14.9. The van der Waals surface area contributed by atoms with Crippen LogP contribution in [-0.2, 0) is 16.6 Å². The molecule has 0 bridgehead atoms. The molecule has 0 radical (unpaired) electrons. The second kappa shape index (κ2) is 6.31. The van der Waals surface area contributed by atoms with Gasteiger partial charge in [-0.2, -0.15) is 9.40 Å². The Balaban J connectivity index is 1.78. The lowest BCUT2D eigenvalue weighted by molar-refractivity contribution is 0.155. The fraction of sp³-hybridized carbons (Fsp3) is 0.471. The van der Waals surface area contributed by atoms with Crippen molar-refractivity contribution in [3.05, 3.63) is 48.3 Å². The fourth-order valence-corrected chi connectivity index (χ4v) is 4.60. The van der Waals surface area contributed by atoms with Crippen LogP contribution in [0.15, 0.2) is 47.6 Å². The van der Waals surface area contributed by atoms with Gasteiger partial charge in [-0.15, -0.1) is 0 Å². The maximum atomic E-state index is 12.9. The molecule has 0 spiro atoms. The molecule has 1 aliphatic rings. The van der Waals surface area contributed by atoms with Crippen LogP contribution in [0.5, 0.6) is 0 Å². The van der Waals surface area contributed by atoms with Gasteiger partial charge < -0.3 is 5.73 Å². The van der Waals surface area contributed by atoms with Crippen LogP contribution >= 0.6 is 0 Å². The minimum atomic E-state index is -3.53. The molecule has 6 nitrogen and oxygen atoms in total. The third-order valence-electron chi connectivity index (χ3n) is 4.71. The largest absolute Gasteiger partial charge is 0.327 e. The van der Waals surface area contributed by atoms with Gasteiger partial charge in [0.15, 0.2) is 0 Å². The molecule has 1 saturated heterocycles. The van der Waals surface area contributed by atoms with Crippen LogP contribution in [-0.4, -0.2) is 41.6 Å². The number of hydrogen-bond donors (Lipinski definition) is 1. The summed E-state index contributed by atoms with van der Waals surface area (Å²) in [5.41, 5.74) is 6.96. The van der Waals surface area contributed by atoms with Crippen molar-refractivity contribution in [2.75, 3.05) is 13.1 Å². The molecule has 0 amide bonds. The van der Waals surface area contributed by atoms with Crippen LogP contribution in [0.25, 0.3) is 0 Å². The lowest BCUT2D eigenvalue weighted by Crippen LogP contribution is -2.53. The number of sulfonamides is 1. The summed E-state index contributed by atoms with van der Waals surface area (Å²) in [5, 5.41) is 4.21. The molecule has 2 aromatic rings. The predicted octanol–water partition coefficient (Wildman–Crippen LogP) is 1.68. The summed E-state index contributed by atoms with van der Waals surface area (Å²) >= 11 is 0. The van der Waals surface area contributed by atoms with E-state index in [1.54, 1.807) is 10.9 Å². The van der Waals surface area contributed by atoms with Gasteiger partial charge in [0, 0.05) is 25.3 Å². The van der Waals surface area contributed by atoms with Crippen LogP contribution in [0.1, 0.15) is 25.8 Å². The Morgan fingerprint density at radius 1 is 1.29 bits per heavy atom. The van der Waals surface area contributed by atoms with E-state index in [9.17, 15) is 8.42 Å². The first-order chi connectivity index (χ1) is 11.3. The van der Waals surface area contributed by atoms with Gasteiger partial charge in [-0.3, -0.25) is 4.68 Å². The molecule has 7 heteroatoms. The van der Waals surface area contributed by atoms with Crippen molar-refractivity contribution in [3.63, 3.8) is 0 Å². The summed E-state index contributed by atoms with van der Waals surface area (Å²) in [6.45, 7) is 5.46. The van der Waals surface area contributed by atoms with E-state index in [1.165, 1.54) is 10.5 Å². The summed E-state index contributed by atoms with van der Waals surface area (Å²) in [7, 11) is -3.53. The van der Waals surface area contributed by atoms with Gasteiger partial charge in [0.25, 0.3) is 0 Å². The second-order valence-electron chi connectivity index (χ2n) is 7.08. The second-order valence-corrected chi connectivity index (χ2v) is 9.02. The van der Waals surface area contributed by atoms with Crippen LogP contribution in [0, 0.1) is 5.41 Å². The molecule has 1 atom stereocenters. The van der Waals surface area contributed by atoms with Gasteiger partial charge in [-0.05, 0) is 17.4 Å². The van der Waals surface area contributed by atoms with E-state index < -0.39 is 10.0 Å². The monoisotopic (exact) mass is 348 g/mol. The SMILES string of the molecule is CC1(C)CN(S(=O)(=O)c2cnn(Cc3ccccc3)c2)CCC1N. The average molecular weight is 348 g/mol. The number of nitrogens with zero attached hydrogens (tertiary/aromatic N) is 3. The Morgan fingerprint density at radius 3 is 2.67 bits per heavy atom. The molecule has 3 rings (SSSR count). The third kappa shape index (κ3) is 3.38. The molecule has 1 aliphatic heterocycles. The fourth-order valence-electron chi connectivity index (χ4n) is 3.01. The molecule has 2 N–H and O–H groups in total. The minimum absolute atomic E-state index is 0.0183. The van der Waals surface area contributed by atoms with Crippen LogP contribution in [0.2, 0.25) is 0 Å². The molecule has 24 heavy (non-hydrogen) atoms. The quantitative estimate of drug-likeness (QED) is 0.911. The summed E-state index contributed by atoms with van der Waals surface area (Å²) in [6, 6.07) is 9.86. The van der Waals surface area contributed by atoms with Crippen molar-refractivity contribution in [1.82, 2.24) is 14.1 Å². The van der Waals surface area contributed by atoms with Crippen LogP contribution in [0.3, 0.4) is 0 Å². The van der Waals surface area contributed by atoms with E-state index in [4.69, 9.17) is 5.73 Å². The molecule has 1 unspecified atom stereocenters. The average Bonchev–Trinajstić information content (AvgIpc) is 3.00. The smallest absolute Gasteiger partial charge is 0.246 e. The van der Waals surface area contributed by atoms with Gasteiger partial charge in [-0.1, -0.05) is 44.2 Å². The summed E-state index contributed by atoms with van der Waals surface area (Å²) < 4.78 is 28.9. The number of rotatable bonds is 4. The molecule has 1 fully saturated rings. The highest BCUT2D eigenvalue weighted by atomic mass is 32.2. The van der Waals surface area contributed by atoms with Crippen LogP contribution in [0.4, 0.5) is 0 Å². The topological polar surface area (TPSA) is 81.2 Å². The van der Waals surface area contributed by atoms with Gasteiger partial charge in [0.2, 0.25) is 10.0 Å².